The zero-order valence-corrected chi connectivity index (χ0v) is 32.5. The lowest BCUT2D eigenvalue weighted by Gasteiger charge is -2.59. The van der Waals surface area contributed by atoms with Crippen LogP contribution in [-0.2, 0) is 41.5 Å². The van der Waals surface area contributed by atoms with Crippen molar-refractivity contribution in [2.75, 3.05) is 14.2 Å². The summed E-state index contributed by atoms with van der Waals surface area (Å²) in [4.78, 5) is 58.5. The van der Waals surface area contributed by atoms with Crippen molar-refractivity contribution < 1.29 is 28.7 Å². The molecule has 4 bridgehead atoms. The Bertz CT molecular complexity index is 1880. The van der Waals surface area contributed by atoms with Crippen molar-refractivity contribution in [1.29, 1.82) is 0 Å². The van der Waals surface area contributed by atoms with Gasteiger partial charge in [-0.2, -0.15) is 0 Å². The molecular weight excluding hydrogens is 668 g/mol. The van der Waals surface area contributed by atoms with Crippen LogP contribution in [-0.4, -0.2) is 47.9 Å². The minimum atomic E-state index is -0.263. The number of nitrogens with one attached hydrogen (secondary N) is 4. The standard InChI is InChI=1S/C43H54N4O6/c1-21-23(3)41(50)46-32(21)16-34-25(5)30(9-11-36(48)52-7)39(44-34)38(43-18-27-13-28(19-43)15-29(14-27)20-43)40-31(10-12-37(49)53-8)26(6)35(45-40)17-33-22(2)24(4)42(51)47-33/h16-17,27-29,38,44-45H,9-15,18-20H2,1-8H3,(H,46,50)(H,47,51)/b32-16-,33-17-. The van der Waals surface area contributed by atoms with Gasteiger partial charge < -0.3 is 30.1 Å². The van der Waals surface area contributed by atoms with Gasteiger partial charge in [0.1, 0.15) is 0 Å². The monoisotopic (exact) mass is 722 g/mol. The second-order valence-corrected chi connectivity index (χ2v) is 16.5. The number of hydrogen-bond donors (Lipinski definition) is 4. The molecule has 2 aromatic heterocycles. The number of aromatic nitrogens is 2. The largest absolute Gasteiger partial charge is 0.469 e. The fourth-order valence-corrected chi connectivity index (χ4v) is 10.7. The lowest BCUT2D eigenvalue weighted by Crippen LogP contribution is -2.49. The number of ether oxygens (including phenoxy) is 2. The van der Waals surface area contributed by atoms with Crippen LogP contribution >= 0.6 is 0 Å². The molecule has 2 aromatic rings. The van der Waals surface area contributed by atoms with Gasteiger partial charge in [0.15, 0.2) is 0 Å². The second-order valence-electron chi connectivity index (χ2n) is 16.5. The maximum absolute atomic E-state index is 12.7. The lowest BCUT2D eigenvalue weighted by molar-refractivity contribution is -0.141. The van der Waals surface area contributed by atoms with E-state index in [9.17, 15) is 19.2 Å². The third-order valence-electron chi connectivity index (χ3n) is 13.5. The molecule has 282 valence electrons. The van der Waals surface area contributed by atoms with Gasteiger partial charge in [-0.25, -0.2) is 0 Å². The van der Waals surface area contributed by atoms with Crippen LogP contribution in [0.4, 0.5) is 0 Å². The number of H-pyrrole nitrogens is 2. The van der Waals surface area contributed by atoms with Gasteiger partial charge >= 0.3 is 11.9 Å². The van der Waals surface area contributed by atoms with Crippen molar-refractivity contribution in [1.82, 2.24) is 20.6 Å². The number of rotatable bonds is 11. The summed E-state index contributed by atoms with van der Waals surface area (Å²) in [6.45, 7) is 11.8. The highest BCUT2D eigenvalue weighted by molar-refractivity contribution is 6.01. The SMILES string of the molecule is COC(=O)CCc1c(C(c2[nH]c(/C=C3\NC(=O)C(C)=C3C)c(C)c2CCC(=O)OC)C23CC4CC(CC(C4)C2)C3)[nH]c(/C=C2\NC(=O)C(C)=C2C)c1C. The van der Waals surface area contributed by atoms with Gasteiger partial charge in [0.2, 0.25) is 0 Å². The van der Waals surface area contributed by atoms with E-state index < -0.39 is 0 Å². The van der Waals surface area contributed by atoms with E-state index in [0.717, 1.165) is 86.8 Å². The van der Waals surface area contributed by atoms with Gasteiger partial charge in [-0.05, 0) is 162 Å². The van der Waals surface area contributed by atoms with Crippen LogP contribution < -0.4 is 10.6 Å². The van der Waals surface area contributed by atoms with Gasteiger partial charge in [0.05, 0.1) is 14.2 Å². The summed E-state index contributed by atoms with van der Waals surface area (Å²) in [5.41, 5.74) is 13.0. The normalized spacial score (nSPS) is 26.5. The van der Waals surface area contributed by atoms with Crippen LogP contribution in [0.2, 0.25) is 0 Å². The number of aromatic amines is 2. The number of carbonyl (C=O) groups excluding carboxylic acids is 4. The van der Waals surface area contributed by atoms with Crippen molar-refractivity contribution in [2.24, 2.45) is 23.2 Å². The molecule has 0 radical (unpaired) electrons. The summed E-state index contributed by atoms with van der Waals surface area (Å²) in [5, 5.41) is 6.09. The maximum atomic E-state index is 12.7. The predicted molar refractivity (Wildman–Crippen MR) is 203 cm³/mol. The summed E-state index contributed by atoms with van der Waals surface area (Å²) >= 11 is 0. The first-order chi connectivity index (χ1) is 25.2. The van der Waals surface area contributed by atoms with Gasteiger partial charge in [-0.15, -0.1) is 0 Å². The molecule has 4 fully saturated rings. The van der Waals surface area contributed by atoms with Crippen LogP contribution in [0.25, 0.3) is 12.2 Å². The zero-order valence-electron chi connectivity index (χ0n) is 32.5. The molecule has 53 heavy (non-hydrogen) atoms. The number of allylic oxidation sites excluding steroid dienone is 2. The van der Waals surface area contributed by atoms with E-state index in [1.807, 2.05) is 39.8 Å². The van der Waals surface area contributed by atoms with Crippen LogP contribution in [0.5, 0.6) is 0 Å². The molecule has 0 atom stereocenters. The first-order valence-corrected chi connectivity index (χ1v) is 19.2. The van der Waals surface area contributed by atoms with E-state index in [0.29, 0.717) is 41.7 Å². The smallest absolute Gasteiger partial charge is 0.305 e. The molecule has 8 rings (SSSR count). The second kappa shape index (κ2) is 14.0. The summed E-state index contributed by atoms with van der Waals surface area (Å²) in [7, 11) is 2.86. The Kier molecular flexibility index (Phi) is 9.70. The summed E-state index contributed by atoms with van der Waals surface area (Å²) < 4.78 is 10.3. The molecule has 2 amide bonds. The number of hydrogen-bond acceptors (Lipinski definition) is 6. The molecule has 4 heterocycles. The van der Waals surface area contributed by atoms with Crippen molar-refractivity contribution in [2.45, 2.75) is 112 Å². The van der Waals surface area contributed by atoms with E-state index in [1.165, 1.54) is 33.5 Å². The van der Waals surface area contributed by atoms with Crippen LogP contribution in [0.1, 0.15) is 130 Å². The van der Waals surface area contributed by atoms with E-state index in [-0.39, 0.29) is 47.9 Å². The van der Waals surface area contributed by atoms with Crippen molar-refractivity contribution in [3.05, 3.63) is 78.7 Å². The van der Waals surface area contributed by atoms with E-state index in [4.69, 9.17) is 9.47 Å². The first-order valence-electron chi connectivity index (χ1n) is 19.2. The van der Waals surface area contributed by atoms with E-state index in [2.05, 4.69) is 34.4 Å². The molecule has 0 unspecified atom stereocenters. The summed E-state index contributed by atoms with van der Waals surface area (Å²) in [6, 6.07) is 0. The molecular formula is C43H54N4O6. The minimum absolute atomic E-state index is 0.0415. The minimum Gasteiger partial charge on any atom is -0.469 e. The Balaban J connectivity index is 1.46. The number of carbonyl (C=O) groups is 4. The Hall–Kier alpha value is -4.60. The fourth-order valence-electron chi connectivity index (χ4n) is 10.7. The van der Waals surface area contributed by atoms with Crippen LogP contribution in [0, 0.1) is 37.0 Å². The molecule has 4 aliphatic carbocycles. The van der Waals surface area contributed by atoms with Gasteiger partial charge in [0, 0.05) is 64.1 Å². The highest BCUT2D eigenvalue weighted by atomic mass is 16.5. The highest BCUT2D eigenvalue weighted by Crippen LogP contribution is 2.66. The average molecular weight is 723 g/mol. The number of amides is 2. The van der Waals surface area contributed by atoms with E-state index in [1.54, 1.807) is 0 Å². The Labute approximate surface area is 312 Å². The molecule has 0 saturated heterocycles. The van der Waals surface area contributed by atoms with Gasteiger partial charge in [-0.1, -0.05) is 0 Å². The third kappa shape index (κ3) is 6.52. The molecule has 6 aliphatic rings. The highest BCUT2D eigenvalue weighted by Gasteiger charge is 2.56. The zero-order chi connectivity index (χ0) is 37.9. The molecule has 4 N–H and O–H groups in total. The number of methoxy groups -OCH3 is 2. The molecule has 10 heteroatoms. The molecule has 4 saturated carbocycles. The van der Waals surface area contributed by atoms with Gasteiger partial charge in [0.25, 0.3) is 11.8 Å². The topological polar surface area (TPSA) is 142 Å². The third-order valence-corrected chi connectivity index (χ3v) is 13.5. The van der Waals surface area contributed by atoms with Crippen molar-refractivity contribution >= 4 is 35.9 Å². The van der Waals surface area contributed by atoms with Gasteiger partial charge in [-0.3, -0.25) is 19.2 Å². The van der Waals surface area contributed by atoms with Crippen LogP contribution in [0.3, 0.4) is 0 Å². The Morgan fingerprint density at radius 2 is 1.04 bits per heavy atom. The van der Waals surface area contributed by atoms with Crippen molar-refractivity contribution in [3.63, 3.8) is 0 Å². The average Bonchev–Trinajstić information content (AvgIpc) is 3.75. The fraction of sp³-hybridized carbons (Fsp3) is 0.535. The molecule has 0 spiro atoms. The quantitative estimate of drug-likeness (QED) is 0.182. The van der Waals surface area contributed by atoms with E-state index >= 15 is 0 Å². The van der Waals surface area contributed by atoms with Crippen molar-refractivity contribution in [3.8, 4) is 0 Å². The summed E-state index contributed by atoms with van der Waals surface area (Å²) in [6.07, 6.45) is 12.8. The molecule has 0 aromatic carbocycles. The predicted octanol–water partition coefficient (Wildman–Crippen LogP) is 7.13. The maximum Gasteiger partial charge on any atom is 0.305 e. The number of esters is 2. The van der Waals surface area contributed by atoms with Crippen LogP contribution in [0.15, 0.2) is 33.7 Å². The molecule has 2 aliphatic heterocycles. The Morgan fingerprint density at radius 3 is 1.36 bits per heavy atom. The summed E-state index contributed by atoms with van der Waals surface area (Å²) in [5.74, 6) is 1.23. The first kappa shape index (κ1) is 36.7. The molecule has 10 nitrogen and oxygen atoms in total. The Morgan fingerprint density at radius 1 is 0.660 bits per heavy atom. The lowest BCUT2D eigenvalue weighted by atomic mass is 9.45.